The van der Waals surface area contributed by atoms with Crippen molar-refractivity contribution in [2.75, 3.05) is 5.32 Å². The van der Waals surface area contributed by atoms with Gasteiger partial charge in [-0.15, -0.1) is 22.0 Å². The van der Waals surface area contributed by atoms with Gasteiger partial charge in [-0.3, -0.25) is 14.8 Å². The van der Waals surface area contributed by atoms with E-state index in [-0.39, 0.29) is 11.9 Å². The minimum Gasteiger partial charge on any atom is -0.305 e. The zero-order chi connectivity index (χ0) is 22.2. The SMILES string of the molecule is Cc1cnc(C(=O)Nc2cccc(C3=NNNN3C(C)C)n2)cc1-c1ccc(C2CC2)s1. The van der Waals surface area contributed by atoms with Crippen LogP contribution in [0.25, 0.3) is 10.4 Å². The van der Waals surface area contributed by atoms with Gasteiger partial charge in [0.2, 0.25) is 0 Å². The maximum absolute atomic E-state index is 13.0. The molecule has 1 aliphatic heterocycles. The van der Waals surface area contributed by atoms with Crippen LogP contribution in [0.2, 0.25) is 0 Å². The highest BCUT2D eigenvalue weighted by atomic mass is 32.1. The summed E-state index contributed by atoms with van der Waals surface area (Å²) < 4.78 is 0. The first-order valence-corrected chi connectivity index (χ1v) is 11.5. The summed E-state index contributed by atoms with van der Waals surface area (Å²) in [6, 6.07) is 11.9. The second-order valence-corrected chi connectivity index (χ2v) is 9.46. The molecule has 1 saturated carbocycles. The highest BCUT2D eigenvalue weighted by Crippen LogP contribution is 2.45. The van der Waals surface area contributed by atoms with Gasteiger partial charge in [0.15, 0.2) is 5.84 Å². The van der Waals surface area contributed by atoms with Crippen LogP contribution in [0.15, 0.2) is 47.7 Å². The van der Waals surface area contributed by atoms with Crippen molar-refractivity contribution >= 4 is 28.9 Å². The molecule has 9 heteroatoms. The van der Waals surface area contributed by atoms with Crippen molar-refractivity contribution in [3.05, 3.63) is 64.4 Å². The summed E-state index contributed by atoms with van der Waals surface area (Å²) in [4.78, 5) is 24.5. The minimum absolute atomic E-state index is 0.177. The standard InChI is InChI=1S/C23H25N7OS/c1-13(2)30-22(27-28-29-30)17-5-4-6-21(25-17)26-23(31)18-11-16(14(3)12-24-18)20-10-9-19(32-20)15-7-8-15/h4-6,9-13,15,28-29H,7-8H2,1-3H3,(H,25,26,31). The fourth-order valence-electron chi connectivity index (χ4n) is 3.60. The number of hydrazine groups is 2. The van der Waals surface area contributed by atoms with Crippen LogP contribution in [0.3, 0.4) is 0 Å². The number of aromatic nitrogens is 2. The van der Waals surface area contributed by atoms with E-state index in [9.17, 15) is 4.79 Å². The molecule has 164 valence electrons. The Morgan fingerprint density at radius 2 is 2.09 bits per heavy atom. The number of aryl methyl sites for hydroxylation is 1. The minimum atomic E-state index is -0.291. The van der Waals surface area contributed by atoms with Gasteiger partial charge in [-0.1, -0.05) is 6.07 Å². The molecule has 1 aliphatic carbocycles. The number of hydrazone groups is 1. The molecule has 1 amide bonds. The van der Waals surface area contributed by atoms with Crippen molar-refractivity contribution in [2.45, 2.75) is 45.6 Å². The van der Waals surface area contributed by atoms with Crippen molar-refractivity contribution in [3.63, 3.8) is 0 Å². The summed E-state index contributed by atoms with van der Waals surface area (Å²) in [5.41, 5.74) is 8.85. The average Bonchev–Trinajstić information content (AvgIpc) is 3.31. The lowest BCUT2D eigenvalue weighted by Gasteiger charge is -2.22. The molecule has 3 aromatic heterocycles. The van der Waals surface area contributed by atoms with Gasteiger partial charge in [0.05, 0.1) is 0 Å². The fraction of sp³-hybridized carbons (Fsp3) is 0.304. The van der Waals surface area contributed by atoms with Crippen LogP contribution in [-0.2, 0) is 0 Å². The molecule has 8 nitrogen and oxygen atoms in total. The molecule has 0 atom stereocenters. The second-order valence-electron chi connectivity index (χ2n) is 8.35. The first-order valence-electron chi connectivity index (χ1n) is 10.7. The molecule has 0 unspecified atom stereocenters. The van der Waals surface area contributed by atoms with Crippen molar-refractivity contribution in [2.24, 2.45) is 5.10 Å². The number of nitrogens with one attached hydrogen (secondary N) is 3. The van der Waals surface area contributed by atoms with Gasteiger partial charge in [-0.05, 0) is 81.0 Å². The largest absolute Gasteiger partial charge is 0.305 e. The van der Waals surface area contributed by atoms with Gasteiger partial charge >= 0.3 is 0 Å². The number of hydrogen-bond donors (Lipinski definition) is 3. The molecule has 3 N–H and O–H groups in total. The number of nitrogens with zero attached hydrogens (tertiary/aromatic N) is 4. The molecule has 0 radical (unpaired) electrons. The number of anilines is 1. The van der Waals surface area contributed by atoms with Gasteiger partial charge in [0.1, 0.15) is 17.2 Å². The molecule has 1 fully saturated rings. The molecule has 4 heterocycles. The lowest BCUT2D eigenvalue weighted by molar-refractivity contribution is 0.102. The lowest BCUT2D eigenvalue weighted by Crippen LogP contribution is -2.45. The number of pyridine rings is 2. The van der Waals surface area contributed by atoms with E-state index in [4.69, 9.17) is 0 Å². The number of amidine groups is 1. The predicted octanol–water partition coefficient (Wildman–Crippen LogP) is 4.04. The number of carbonyl (C=O) groups is 1. The summed E-state index contributed by atoms with van der Waals surface area (Å²) >= 11 is 1.81. The summed E-state index contributed by atoms with van der Waals surface area (Å²) in [6.45, 7) is 6.11. The quantitative estimate of drug-likeness (QED) is 0.528. The Bertz CT molecular complexity index is 1200. The Hall–Kier alpha value is -3.30. The summed E-state index contributed by atoms with van der Waals surface area (Å²) in [6.07, 6.45) is 4.32. The number of carbonyl (C=O) groups excluding carboxylic acids is 1. The van der Waals surface area contributed by atoms with E-state index in [0.29, 0.717) is 23.0 Å². The van der Waals surface area contributed by atoms with E-state index in [1.54, 1.807) is 12.3 Å². The van der Waals surface area contributed by atoms with Crippen molar-refractivity contribution in [1.29, 1.82) is 0 Å². The third-order valence-electron chi connectivity index (χ3n) is 5.50. The summed E-state index contributed by atoms with van der Waals surface area (Å²) in [5.74, 6) is 1.54. The Morgan fingerprint density at radius 3 is 2.88 bits per heavy atom. The highest BCUT2D eigenvalue weighted by molar-refractivity contribution is 7.15. The third kappa shape index (κ3) is 4.09. The van der Waals surface area contributed by atoms with Crippen LogP contribution in [-0.4, -0.2) is 32.8 Å². The number of thiophene rings is 1. The highest BCUT2D eigenvalue weighted by Gasteiger charge is 2.26. The number of hydrogen-bond acceptors (Lipinski definition) is 8. The Kier molecular flexibility index (Phi) is 5.36. The number of rotatable bonds is 6. The van der Waals surface area contributed by atoms with E-state index < -0.39 is 0 Å². The Labute approximate surface area is 190 Å². The molecule has 3 aromatic rings. The maximum Gasteiger partial charge on any atom is 0.275 e. The molecular weight excluding hydrogens is 422 g/mol. The first-order chi connectivity index (χ1) is 15.5. The first kappa shape index (κ1) is 20.6. The summed E-state index contributed by atoms with van der Waals surface area (Å²) in [5, 5.41) is 9.00. The average molecular weight is 448 g/mol. The Balaban J connectivity index is 1.36. The van der Waals surface area contributed by atoms with Gasteiger partial charge in [0, 0.05) is 22.0 Å². The van der Waals surface area contributed by atoms with E-state index in [0.717, 1.165) is 17.0 Å². The second kappa shape index (κ2) is 8.33. The van der Waals surface area contributed by atoms with Crippen LogP contribution in [0.1, 0.15) is 59.2 Å². The normalized spacial score (nSPS) is 15.6. The van der Waals surface area contributed by atoms with Gasteiger partial charge in [-0.25, -0.2) is 10.5 Å². The lowest BCUT2D eigenvalue weighted by atomic mass is 10.1. The van der Waals surface area contributed by atoms with Gasteiger partial charge in [0.25, 0.3) is 5.91 Å². The van der Waals surface area contributed by atoms with Crippen LogP contribution in [0, 0.1) is 6.92 Å². The van der Waals surface area contributed by atoms with Crippen molar-refractivity contribution < 1.29 is 4.79 Å². The third-order valence-corrected chi connectivity index (χ3v) is 6.79. The predicted molar refractivity (Wildman–Crippen MR) is 126 cm³/mol. The molecule has 32 heavy (non-hydrogen) atoms. The number of amides is 1. The molecular formula is C23H25N7OS. The Morgan fingerprint density at radius 1 is 1.25 bits per heavy atom. The van der Waals surface area contributed by atoms with E-state index in [1.807, 2.05) is 55.3 Å². The van der Waals surface area contributed by atoms with Crippen LogP contribution >= 0.6 is 11.3 Å². The molecule has 0 bridgehead atoms. The smallest absolute Gasteiger partial charge is 0.275 e. The van der Waals surface area contributed by atoms with Gasteiger partial charge < -0.3 is 5.32 Å². The fourth-order valence-corrected chi connectivity index (χ4v) is 4.86. The van der Waals surface area contributed by atoms with Gasteiger partial charge in [-0.2, -0.15) is 0 Å². The topological polar surface area (TPSA) is 94.5 Å². The van der Waals surface area contributed by atoms with Crippen LogP contribution < -0.4 is 16.4 Å². The molecule has 2 aliphatic rings. The molecule has 0 aromatic carbocycles. The van der Waals surface area contributed by atoms with E-state index >= 15 is 0 Å². The van der Waals surface area contributed by atoms with E-state index in [2.05, 4.69) is 43.6 Å². The van der Waals surface area contributed by atoms with Crippen molar-refractivity contribution in [1.82, 2.24) is 26.0 Å². The zero-order valence-electron chi connectivity index (χ0n) is 18.2. The maximum atomic E-state index is 13.0. The van der Waals surface area contributed by atoms with Crippen LogP contribution in [0.5, 0.6) is 0 Å². The molecule has 0 saturated heterocycles. The monoisotopic (exact) mass is 447 g/mol. The van der Waals surface area contributed by atoms with E-state index in [1.165, 1.54) is 22.6 Å². The van der Waals surface area contributed by atoms with Crippen molar-refractivity contribution in [3.8, 4) is 10.4 Å². The molecule has 5 rings (SSSR count). The molecule has 0 spiro atoms. The van der Waals surface area contributed by atoms with Crippen LogP contribution in [0.4, 0.5) is 5.82 Å². The zero-order valence-corrected chi connectivity index (χ0v) is 19.0. The summed E-state index contributed by atoms with van der Waals surface area (Å²) in [7, 11) is 0.